The molecule has 2 aromatic rings. The molecule has 7 heteroatoms. The number of aryl methyl sites for hydroxylation is 1. The fourth-order valence-corrected chi connectivity index (χ4v) is 6.12. The predicted molar refractivity (Wildman–Crippen MR) is 106 cm³/mol. The van der Waals surface area contributed by atoms with E-state index in [0.29, 0.717) is 17.5 Å². The maximum absolute atomic E-state index is 12.9. The average molecular weight is 411 g/mol. The van der Waals surface area contributed by atoms with Crippen LogP contribution < -0.4 is 9.08 Å². The monoisotopic (exact) mass is 411 g/mol. The van der Waals surface area contributed by atoms with Gasteiger partial charge in [0.1, 0.15) is 10.6 Å². The Bertz CT molecular complexity index is 1060. The van der Waals surface area contributed by atoms with Gasteiger partial charge in [0.2, 0.25) is 11.8 Å². The SMILES string of the molecule is Cc1ccc(S(=O)(=O)Oc2ccc(N3C(=O)[C@@H]4[C@H]5CC[C@@H](C5)[C@@H]4C3=O)cc2)cc1. The summed E-state index contributed by atoms with van der Waals surface area (Å²) in [7, 11) is -3.95. The van der Waals surface area contributed by atoms with Crippen LogP contribution in [0.25, 0.3) is 0 Å². The van der Waals surface area contributed by atoms with Gasteiger partial charge in [-0.3, -0.25) is 14.5 Å². The molecule has 150 valence electrons. The maximum atomic E-state index is 12.9. The van der Waals surface area contributed by atoms with Gasteiger partial charge in [-0.05, 0) is 74.4 Å². The summed E-state index contributed by atoms with van der Waals surface area (Å²) in [4.78, 5) is 27.1. The molecule has 0 spiro atoms. The zero-order valence-electron chi connectivity index (χ0n) is 15.9. The second-order valence-electron chi connectivity index (χ2n) is 8.24. The molecule has 5 rings (SSSR count). The van der Waals surface area contributed by atoms with E-state index in [-0.39, 0.29) is 34.3 Å². The van der Waals surface area contributed by atoms with Gasteiger partial charge in [0.15, 0.2) is 0 Å². The van der Waals surface area contributed by atoms with Crippen molar-refractivity contribution in [1.82, 2.24) is 0 Å². The van der Waals surface area contributed by atoms with E-state index in [1.165, 1.54) is 29.2 Å². The number of carbonyl (C=O) groups excluding carboxylic acids is 2. The molecule has 1 heterocycles. The summed E-state index contributed by atoms with van der Waals surface area (Å²) in [5.41, 5.74) is 1.42. The molecule has 0 aromatic heterocycles. The zero-order valence-corrected chi connectivity index (χ0v) is 16.8. The van der Waals surface area contributed by atoms with Crippen molar-refractivity contribution in [1.29, 1.82) is 0 Å². The lowest BCUT2D eigenvalue weighted by Crippen LogP contribution is -2.32. The molecule has 1 aliphatic heterocycles. The third-order valence-electron chi connectivity index (χ3n) is 6.54. The van der Waals surface area contributed by atoms with Crippen molar-refractivity contribution in [3.05, 3.63) is 54.1 Å². The summed E-state index contributed by atoms with van der Waals surface area (Å²) in [6.45, 7) is 1.87. The van der Waals surface area contributed by atoms with Crippen LogP contribution in [0.15, 0.2) is 53.4 Å². The van der Waals surface area contributed by atoms with Crippen molar-refractivity contribution in [3.8, 4) is 5.75 Å². The Hall–Kier alpha value is -2.67. The van der Waals surface area contributed by atoms with Crippen LogP contribution in [0.2, 0.25) is 0 Å². The van der Waals surface area contributed by atoms with Gasteiger partial charge >= 0.3 is 10.1 Å². The fourth-order valence-electron chi connectivity index (χ4n) is 5.19. The fraction of sp³-hybridized carbons (Fsp3) is 0.364. The van der Waals surface area contributed by atoms with Gasteiger partial charge in [0.05, 0.1) is 17.5 Å². The Balaban J connectivity index is 1.36. The molecular weight excluding hydrogens is 390 g/mol. The highest BCUT2D eigenvalue weighted by Crippen LogP contribution is 2.56. The molecule has 3 fully saturated rings. The molecule has 0 N–H and O–H groups in total. The number of rotatable bonds is 4. The van der Waals surface area contributed by atoms with Crippen LogP contribution in [0.4, 0.5) is 5.69 Å². The largest absolute Gasteiger partial charge is 0.379 e. The minimum atomic E-state index is -3.95. The summed E-state index contributed by atoms with van der Waals surface area (Å²) in [6, 6.07) is 12.5. The van der Waals surface area contributed by atoms with Gasteiger partial charge in [0, 0.05) is 0 Å². The summed E-state index contributed by atoms with van der Waals surface area (Å²) >= 11 is 0. The Morgan fingerprint density at radius 2 is 1.41 bits per heavy atom. The molecule has 6 nitrogen and oxygen atoms in total. The summed E-state index contributed by atoms with van der Waals surface area (Å²) in [5.74, 6) is 0.190. The normalized spacial score (nSPS) is 28.1. The van der Waals surface area contributed by atoms with E-state index in [4.69, 9.17) is 4.18 Å². The first-order valence-corrected chi connectivity index (χ1v) is 11.2. The molecular formula is C22H21NO5S. The number of carbonyl (C=O) groups is 2. The number of amides is 2. The molecule has 0 unspecified atom stereocenters. The third-order valence-corrected chi connectivity index (χ3v) is 7.80. The third kappa shape index (κ3) is 2.87. The quantitative estimate of drug-likeness (QED) is 0.570. The molecule has 2 aromatic carbocycles. The first-order valence-electron chi connectivity index (χ1n) is 9.84. The first kappa shape index (κ1) is 18.4. The van der Waals surface area contributed by atoms with E-state index in [1.54, 1.807) is 24.3 Å². The van der Waals surface area contributed by atoms with Crippen molar-refractivity contribution >= 4 is 27.6 Å². The van der Waals surface area contributed by atoms with Crippen molar-refractivity contribution < 1.29 is 22.2 Å². The molecule has 3 aliphatic rings. The van der Waals surface area contributed by atoms with Crippen LogP contribution in [-0.4, -0.2) is 20.2 Å². The number of imide groups is 1. The van der Waals surface area contributed by atoms with Crippen molar-refractivity contribution in [2.24, 2.45) is 23.7 Å². The Kier molecular flexibility index (Phi) is 4.07. The van der Waals surface area contributed by atoms with Crippen molar-refractivity contribution in [2.75, 3.05) is 4.90 Å². The zero-order chi connectivity index (χ0) is 20.3. The van der Waals surface area contributed by atoms with Gasteiger partial charge in [-0.15, -0.1) is 0 Å². The lowest BCUT2D eigenvalue weighted by molar-refractivity contribution is -0.123. The molecule has 2 bridgehead atoms. The van der Waals surface area contributed by atoms with Crippen molar-refractivity contribution in [2.45, 2.75) is 31.1 Å². The van der Waals surface area contributed by atoms with E-state index in [0.717, 1.165) is 24.8 Å². The molecule has 0 radical (unpaired) electrons. The van der Waals surface area contributed by atoms with Crippen LogP contribution in [0.5, 0.6) is 5.75 Å². The number of benzene rings is 2. The maximum Gasteiger partial charge on any atom is 0.339 e. The summed E-state index contributed by atoms with van der Waals surface area (Å²) in [5, 5.41) is 0. The van der Waals surface area contributed by atoms with E-state index in [1.807, 2.05) is 6.92 Å². The molecule has 29 heavy (non-hydrogen) atoms. The lowest BCUT2D eigenvalue weighted by Gasteiger charge is -2.19. The Morgan fingerprint density at radius 1 is 0.862 bits per heavy atom. The molecule has 2 aliphatic carbocycles. The summed E-state index contributed by atoms with van der Waals surface area (Å²) < 4.78 is 30.1. The van der Waals surface area contributed by atoms with Gasteiger partial charge in [-0.25, -0.2) is 0 Å². The van der Waals surface area contributed by atoms with Gasteiger partial charge in [-0.2, -0.15) is 8.42 Å². The van der Waals surface area contributed by atoms with E-state index >= 15 is 0 Å². The van der Waals surface area contributed by atoms with Gasteiger partial charge in [0.25, 0.3) is 0 Å². The predicted octanol–water partition coefficient (Wildman–Crippen LogP) is 3.30. The highest BCUT2D eigenvalue weighted by molar-refractivity contribution is 7.87. The minimum Gasteiger partial charge on any atom is -0.379 e. The molecule has 1 saturated heterocycles. The van der Waals surface area contributed by atoms with Crippen LogP contribution in [0, 0.1) is 30.6 Å². The second kappa shape index (κ2) is 6.42. The number of fused-ring (bicyclic) bond motifs is 5. The number of hydrogen-bond donors (Lipinski definition) is 0. The van der Waals surface area contributed by atoms with Gasteiger partial charge in [-0.1, -0.05) is 17.7 Å². The molecule has 2 saturated carbocycles. The molecule has 4 atom stereocenters. The molecule has 2 amide bonds. The average Bonchev–Trinajstić information content (AvgIpc) is 3.37. The lowest BCUT2D eigenvalue weighted by atomic mass is 9.81. The topological polar surface area (TPSA) is 80.8 Å². The van der Waals surface area contributed by atoms with Crippen LogP contribution in [-0.2, 0) is 19.7 Å². The van der Waals surface area contributed by atoms with Crippen molar-refractivity contribution in [3.63, 3.8) is 0 Å². The standard InChI is InChI=1S/C22H21NO5S/c1-13-2-10-18(11-3-13)29(26,27)28-17-8-6-16(7-9-17)23-21(24)19-14-4-5-15(12-14)20(19)22(23)25/h2-3,6-11,14-15,19-20H,4-5,12H2,1H3/t14-,15-,19-,20+/m0/s1. The highest BCUT2D eigenvalue weighted by Gasteiger charge is 2.61. The van der Waals surface area contributed by atoms with E-state index in [2.05, 4.69) is 0 Å². The number of hydrogen-bond acceptors (Lipinski definition) is 5. The Labute approximate surface area is 169 Å². The first-order chi connectivity index (χ1) is 13.8. The minimum absolute atomic E-state index is 0.0698. The van der Waals surface area contributed by atoms with Crippen LogP contribution in [0.3, 0.4) is 0 Å². The number of nitrogens with zero attached hydrogens (tertiary/aromatic N) is 1. The Morgan fingerprint density at radius 3 is 1.97 bits per heavy atom. The second-order valence-corrected chi connectivity index (χ2v) is 9.79. The van der Waals surface area contributed by atoms with Crippen LogP contribution >= 0.6 is 0 Å². The smallest absolute Gasteiger partial charge is 0.339 e. The highest BCUT2D eigenvalue weighted by atomic mass is 32.2. The van der Waals surface area contributed by atoms with E-state index < -0.39 is 10.1 Å². The van der Waals surface area contributed by atoms with Gasteiger partial charge < -0.3 is 4.18 Å². The number of anilines is 1. The summed E-state index contributed by atoms with van der Waals surface area (Å²) in [6.07, 6.45) is 3.05. The van der Waals surface area contributed by atoms with E-state index in [9.17, 15) is 18.0 Å². The van der Waals surface area contributed by atoms with Crippen LogP contribution in [0.1, 0.15) is 24.8 Å².